The summed E-state index contributed by atoms with van der Waals surface area (Å²) in [4.78, 5) is 12.3. The molecule has 3 nitrogen and oxygen atoms in total. The first kappa shape index (κ1) is 16.1. The van der Waals surface area contributed by atoms with Gasteiger partial charge in [0.15, 0.2) is 0 Å². The van der Waals surface area contributed by atoms with Crippen LogP contribution in [0.1, 0.15) is 58.8 Å². The molecule has 3 rings (SSSR count). The highest BCUT2D eigenvalue weighted by Gasteiger charge is 2.46. The van der Waals surface area contributed by atoms with Crippen LogP contribution in [0.4, 0.5) is 0 Å². The Labute approximate surface area is 129 Å². The minimum absolute atomic E-state index is 0. The number of halogens is 1. The summed E-state index contributed by atoms with van der Waals surface area (Å²) < 4.78 is 0. The predicted molar refractivity (Wildman–Crippen MR) is 84.0 cm³/mol. The van der Waals surface area contributed by atoms with Crippen LogP contribution in [-0.2, 0) is 4.79 Å². The predicted octanol–water partition coefficient (Wildman–Crippen LogP) is 2.88. The molecule has 0 aromatic carbocycles. The first-order valence-corrected chi connectivity index (χ1v) is 8.14. The molecule has 1 heterocycles. The maximum atomic E-state index is 12.3. The first-order chi connectivity index (χ1) is 9.11. The lowest BCUT2D eigenvalue weighted by Crippen LogP contribution is -2.45. The Morgan fingerprint density at radius 1 is 1.30 bits per heavy atom. The van der Waals surface area contributed by atoms with Crippen molar-refractivity contribution in [2.45, 2.75) is 70.9 Å². The van der Waals surface area contributed by atoms with E-state index in [-0.39, 0.29) is 24.4 Å². The van der Waals surface area contributed by atoms with E-state index >= 15 is 0 Å². The van der Waals surface area contributed by atoms with E-state index in [0.29, 0.717) is 17.4 Å². The van der Waals surface area contributed by atoms with Gasteiger partial charge in [-0.15, -0.1) is 12.4 Å². The summed E-state index contributed by atoms with van der Waals surface area (Å²) in [5, 5.41) is 6.78. The molecule has 0 bridgehead atoms. The molecule has 1 amide bonds. The van der Waals surface area contributed by atoms with Gasteiger partial charge < -0.3 is 10.6 Å². The van der Waals surface area contributed by atoms with Gasteiger partial charge in [-0.3, -0.25) is 4.79 Å². The summed E-state index contributed by atoms with van der Waals surface area (Å²) in [6.45, 7) is 5.44. The van der Waals surface area contributed by atoms with Crippen LogP contribution >= 0.6 is 12.4 Å². The van der Waals surface area contributed by atoms with E-state index in [9.17, 15) is 4.79 Å². The zero-order chi connectivity index (χ0) is 13.5. The number of hydrogen-bond acceptors (Lipinski definition) is 2. The van der Waals surface area contributed by atoms with Crippen LogP contribution in [0.5, 0.6) is 0 Å². The third kappa shape index (κ3) is 3.14. The zero-order valence-electron chi connectivity index (χ0n) is 12.8. The quantitative estimate of drug-likeness (QED) is 0.838. The van der Waals surface area contributed by atoms with Crippen LogP contribution in [0.15, 0.2) is 0 Å². The highest BCUT2D eigenvalue weighted by Crippen LogP contribution is 2.51. The molecular weight excluding hydrogens is 272 g/mol. The fourth-order valence-corrected chi connectivity index (χ4v) is 4.03. The van der Waals surface area contributed by atoms with Crippen molar-refractivity contribution in [2.75, 3.05) is 6.54 Å². The number of rotatable bonds is 4. The molecule has 2 saturated carbocycles. The topological polar surface area (TPSA) is 41.1 Å². The Hall–Kier alpha value is -0.280. The van der Waals surface area contributed by atoms with Crippen molar-refractivity contribution < 1.29 is 4.79 Å². The second-order valence-corrected chi connectivity index (χ2v) is 7.34. The Bertz CT molecular complexity index is 340. The number of nitrogens with one attached hydrogen (secondary N) is 2. The lowest BCUT2D eigenvalue weighted by Gasteiger charge is -2.24. The van der Waals surface area contributed by atoms with Crippen LogP contribution in [0.3, 0.4) is 0 Å². The van der Waals surface area contributed by atoms with Gasteiger partial charge in [0.1, 0.15) is 0 Å². The van der Waals surface area contributed by atoms with Crippen molar-refractivity contribution in [3.8, 4) is 0 Å². The number of carbonyl (C=O) groups is 1. The van der Waals surface area contributed by atoms with E-state index in [4.69, 9.17) is 0 Å². The van der Waals surface area contributed by atoms with E-state index in [2.05, 4.69) is 24.5 Å². The molecule has 1 aliphatic heterocycles. The van der Waals surface area contributed by atoms with Crippen LogP contribution in [-0.4, -0.2) is 24.5 Å². The molecule has 0 aromatic heterocycles. The van der Waals surface area contributed by atoms with Crippen molar-refractivity contribution >= 4 is 18.3 Å². The van der Waals surface area contributed by atoms with Gasteiger partial charge in [-0.25, -0.2) is 0 Å². The fraction of sp³-hybridized carbons (Fsp3) is 0.938. The van der Waals surface area contributed by atoms with Crippen LogP contribution in [0.2, 0.25) is 0 Å². The summed E-state index contributed by atoms with van der Waals surface area (Å²) >= 11 is 0. The standard InChI is InChI=1S/C16H28N2O.ClH/c1-11(2)16(7-8-16)10-17-15(19)14-9-12-5-3-4-6-13(12)18-14;/h11-14,18H,3-10H2,1-2H3,(H,17,19);1H. The Kier molecular flexibility index (Phi) is 5.01. The smallest absolute Gasteiger partial charge is 0.237 e. The molecule has 3 aliphatic rings. The molecule has 3 fully saturated rings. The summed E-state index contributed by atoms with van der Waals surface area (Å²) in [6.07, 6.45) is 8.90. The molecule has 2 N–H and O–H groups in total. The van der Waals surface area contributed by atoms with Gasteiger partial charge in [0.2, 0.25) is 5.91 Å². The molecule has 2 aliphatic carbocycles. The zero-order valence-corrected chi connectivity index (χ0v) is 13.6. The lowest BCUT2D eigenvalue weighted by molar-refractivity contribution is -0.123. The van der Waals surface area contributed by atoms with Gasteiger partial charge in [0.25, 0.3) is 0 Å². The van der Waals surface area contributed by atoms with Crippen LogP contribution in [0.25, 0.3) is 0 Å². The third-order valence-electron chi connectivity index (χ3n) is 5.91. The van der Waals surface area contributed by atoms with Crippen molar-refractivity contribution in [2.24, 2.45) is 17.3 Å². The average molecular weight is 301 g/mol. The molecule has 0 radical (unpaired) electrons. The number of fused-ring (bicyclic) bond motifs is 1. The van der Waals surface area contributed by atoms with E-state index < -0.39 is 0 Å². The Morgan fingerprint density at radius 2 is 2.00 bits per heavy atom. The van der Waals surface area contributed by atoms with Gasteiger partial charge in [0.05, 0.1) is 6.04 Å². The first-order valence-electron chi connectivity index (χ1n) is 8.14. The summed E-state index contributed by atoms with van der Waals surface area (Å²) in [6, 6.07) is 0.695. The molecule has 3 unspecified atom stereocenters. The van der Waals surface area contributed by atoms with Crippen molar-refractivity contribution in [1.29, 1.82) is 0 Å². The van der Waals surface area contributed by atoms with E-state index in [1.165, 1.54) is 38.5 Å². The minimum atomic E-state index is 0. The molecular formula is C16H29ClN2O. The third-order valence-corrected chi connectivity index (χ3v) is 5.91. The summed E-state index contributed by atoms with van der Waals surface area (Å²) in [7, 11) is 0. The average Bonchev–Trinajstić information content (AvgIpc) is 3.07. The highest BCUT2D eigenvalue weighted by molar-refractivity contribution is 5.85. The lowest BCUT2D eigenvalue weighted by atomic mass is 9.85. The van der Waals surface area contributed by atoms with Crippen molar-refractivity contribution in [3.05, 3.63) is 0 Å². The molecule has 0 aromatic rings. The van der Waals surface area contributed by atoms with Gasteiger partial charge in [0, 0.05) is 12.6 Å². The maximum Gasteiger partial charge on any atom is 0.237 e. The molecule has 116 valence electrons. The maximum absolute atomic E-state index is 12.3. The van der Waals surface area contributed by atoms with E-state index in [1.54, 1.807) is 0 Å². The monoisotopic (exact) mass is 300 g/mol. The number of amides is 1. The molecule has 1 saturated heterocycles. The van der Waals surface area contributed by atoms with Gasteiger partial charge in [-0.1, -0.05) is 26.7 Å². The largest absolute Gasteiger partial charge is 0.354 e. The molecule has 3 atom stereocenters. The fourth-order valence-electron chi connectivity index (χ4n) is 4.03. The Balaban J connectivity index is 0.00000147. The highest BCUT2D eigenvalue weighted by atomic mass is 35.5. The molecule has 20 heavy (non-hydrogen) atoms. The number of hydrogen-bond donors (Lipinski definition) is 2. The molecule has 4 heteroatoms. The Morgan fingerprint density at radius 3 is 2.60 bits per heavy atom. The van der Waals surface area contributed by atoms with E-state index in [1.807, 2.05) is 0 Å². The summed E-state index contributed by atoms with van der Waals surface area (Å²) in [5.41, 5.74) is 0.418. The SMILES string of the molecule is CC(C)C1(CNC(=O)C2CC3CCCCC3N2)CC1.Cl. The van der Waals surface area contributed by atoms with Crippen LogP contribution in [0, 0.1) is 17.3 Å². The normalized spacial score (nSPS) is 34.2. The van der Waals surface area contributed by atoms with Gasteiger partial charge >= 0.3 is 0 Å². The van der Waals surface area contributed by atoms with Crippen molar-refractivity contribution in [3.63, 3.8) is 0 Å². The summed E-state index contributed by atoms with van der Waals surface area (Å²) in [5.74, 6) is 1.69. The second kappa shape index (κ2) is 6.23. The van der Waals surface area contributed by atoms with Crippen LogP contribution < -0.4 is 10.6 Å². The minimum Gasteiger partial charge on any atom is -0.354 e. The molecule has 0 spiro atoms. The van der Waals surface area contributed by atoms with E-state index in [0.717, 1.165) is 18.9 Å². The van der Waals surface area contributed by atoms with Crippen molar-refractivity contribution in [1.82, 2.24) is 10.6 Å². The second-order valence-electron chi connectivity index (χ2n) is 7.34. The number of carbonyl (C=O) groups excluding carboxylic acids is 1. The van der Waals surface area contributed by atoms with Gasteiger partial charge in [-0.05, 0) is 49.4 Å². The van der Waals surface area contributed by atoms with Gasteiger partial charge in [-0.2, -0.15) is 0 Å².